The molecule has 1 aromatic heterocycles. The quantitative estimate of drug-likeness (QED) is 0.542. The van der Waals surface area contributed by atoms with Gasteiger partial charge in [0, 0.05) is 24.3 Å². The molecule has 1 rings (SSSR count). The topological polar surface area (TPSA) is 95.1 Å². The molecule has 0 saturated carbocycles. The van der Waals surface area contributed by atoms with Gasteiger partial charge >= 0.3 is 5.69 Å². The highest BCUT2D eigenvalue weighted by molar-refractivity contribution is 7.98. The fraction of sp³-hybridized carbons (Fsp3) is 0.583. The zero-order chi connectivity index (χ0) is 14.6. The van der Waals surface area contributed by atoms with Crippen LogP contribution < -0.4 is 11.0 Å². The summed E-state index contributed by atoms with van der Waals surface area (Å²) in [6.45, 7) is 5.68. The number of H-pyrrole nitrogens is 1. The molecule has 0 aliphatic heterocycles. The summed E-state index contributed by atoms with van der Waals surface area (Å²) < 4.78 is 0. The molecule has 0 aliphatic rings. The third-order valence-corrected chi connectivity index (χ3v) is 3.34. The summed E-state index contributed by atoms with van der Waals surface area (Å²) in [5.41, 5.74) is 0.0113. The van der Waals surface area contributed by atoms with E-state index in [9.17, 15) is 9.59 Å². The van der Waals surface area contributed by atoms with E-state index in [1.165, 1.54) is 11.8 Å². The Hall–Kier alpha value is -1.34. The van der Waals surface area contributed by atoms with E-state index in [1.807, 2.05) is 13.8 Å². The number of aryl methyl sites for hydroxylation is 1. The lowest BCUT2D eigenvalue weighted by Gasteiger charge is -2.22. The predicted molar refractivity (Wildman–Crippen MR) is 74.6 cm³/mol. The molecular formula is C12H19N3O3S. The second kappa shape index (κ2) is 6.21. The Kier molecular flexibility index (Phi) is 5.13. The monoisotopic (exact) mass is 285 g/mol. The summed E-state index contributed by atoms with van der Waals surface area (Å²) in [7, 11) is 0. The van der Waals surface area contributed by atoms with Crippen LogP contribution in [0.2, 0.25) is 0 Å². The molecule has 0 radical (unpaired) electrons. The van der Waals surface area contributed by atoms with E-state index in [1.54, 1.807) is 13.2 Å². The minimum absolute atomic E-state index is 0.0223. The number of nitrogens with zero attached hydrogens (tertiary/aromatic N) is 1. The minimum atomic E-state index is -0.464. The van der Waals surface area contributed by atoms with Gasteiger partial charge in [0.1, 0.15) is 5.03 Å². The van der Waals surface area contributed by atoms with Gasteiger partial charge in [0.05, 0.1) is 5.56 Å². The van der Waals surface area contributed by atoms with Crippen LogP contribution in [0.25, 0.3) is 0 Å². The van der Waals surface area contributed by atoms with E-state index < -0.39 is 11.1 Å². The maximum Gasteiger partial charge on any atom is 0.346 e. The summed E-state index contributed by atoms with van der Waals surface area (Å²) in [5, 5.41) is 12.3. The average molecular weight is 285 g/mol. The van der Waals surface area contributed by atoms with Crippen molar-refractivity contribution in [1.82, 2.24) is 15.3 Å². The third-order valence-electron chi connectivity index (χ3n) is 2.66. The van der Waals surface area contributed by atoms with Crippen molar-refractivity contribution >= 4 is 17.7 Å². The van der Waals surface area contributed by atoms with E-state index in [0.717, 1.165) is 0 Å². The lowest BCUT2D eigenvalue weighted by molar-refractivity contribution is 0.0906. The van der Waals surface area contributed by atoms with E-state index >= 15 is 0 Å². The van der Waals surface area contributed by atoms with Crippen LogP contribution in [0, 0.1) is 12.3 Å². The zero-order valence-electron chi connectivity index (χ0n) is 11.5. The zero-order valence-corrected chi connectivity index (χ0v) is 12.3. The van der Waals surface area contributed by atoms with Gasteiger partial charge in [-0.15, -0.1) is 11.8 Å². The molecule has 0 unspecified atom stereocenters. The average Bonchev–Trinajstić information content (AvgIpc) is 2.35. The molecule has 19 heavy (non-hydrogen) atoms. The second-order valence-corrected chi connectivity index (χ2v) is 5.85. The standard InChI is InChI=1S/C12H19N3O3S/c1-7-8(10(19-4)15-11(18)14-7)9(17)13-5-12(2,3)6-16/h16H,5-6H2,1-4H3,(H,13,17)(H,14,15,18). The molecular weight excluding hydrogens is 266 g/mol. The first-order chi connectivity index (χ1) is 8.80. The van der Waals surface area contributed by atoms with Gasteiger partial charge in [0.2, 0.25) is 0 Å². The van der Waals surface area contributed by atoms with Crippen molar-refractivity contribution in [3.63, 3.8) is 0 Å². The molecule has 0 saturated heterocycles. The number of thioether (sulfide) groups is 1. The van der Waals surface area contributed by atoms with E-state index in [2.05, 4.69) is 15.3 Å². The molecule has 0 aliphatic carbocycles. The highest BCUT2D eigenvalue weighted by Crippen LogP contribution is 2.18. The molecule has 6 nitrogen and oxygen atoms in total. The smallest absolute Gasteiger partial charge is 0.346 e. The normalized spacial score (nSPS) is 11.4. The Bertz CT molecular complexity index is 525. The molecule has 106 valence electrons. The van der Waals surface area contributed by atoms with Crippen molar-refractivity contribution in [1.29, 1.82) is 0 Å². The molecule has 1 aromatic rings. The fourth-order valence-electron chi connectivity index (χ4n) is 1.44. The van der Waals surface area contributed by atoms with Crippen molar-refractivity contribution in [2.75, 3.05) is 19.4 Å². The number of carbonyl (C=O) groups excluding carboxylic acids is 1. The van der Waals surface area contributed by atoms with Crippen molar-refractivity contribution in [3.8, 4) is 0 Å². The number of amides is 1. The maximum atomic E-state index is 12.2. The fourth-order valence-corrected chi connectivity index (χ4v) is 2.06. The lowest BCUT2D eigenvalue weighted by Crippen LogP contribution is -2.37. The van der Waals surface area contributed by atoms with Gasteiger partial charge in [-0.25, -0.2) is 4.79 Å². The van der Waals surface area contributed by atoms with E-state index in [4.69, 9.17) is 5.11 Å². The number of rotatable bonds is 5. The third kappa shape index (κ3) is 4.07. The molecule has 1 heterocycles. The summed E-state index contributed by atoms with van der Waals surface area (Å²) >= 11 is 1.25. The van der Waals surface area contributed by atoms with E-state index in [0.29, 0.717) is 22.8 Å². The van der Waals surface area contributed by atoms with Crippen LogP contribution in [-0.4, -0.2) is 40.4 Å². The SMILES string of the molecule is CSc1nc(=O)[nH]c(C)c1C(=O)NCC(C)(C)CO. The molecule has 0 bridgehead atoms. The number of aromatic nitrogens is 2. The first-order valence-corrected chi connectivity index (χ1v) is 7.07. The van der Waals surface area contributed by atoms with Gasteiger partial charge in [-0.1, -0.05) is 13.8 Å². The van der Waals surface area contributed by atoms with Crippen molar-refractivity contribution in [2.24, 2.45) is 5.41 Å². The minimum Gasteiger partial charge on any atom is -0.396 e. The van der Waals surface area contributed by atoms with Gasteiger partial charge in [-0.2, -0.15) is 4.98 Å². The highest BCUT2D eigenvalue weighted by Gasteiger charge is 2.21. The number of aromatic amines is 1. The van der Waals surface area contributed by atoms with Crippen LogP contribution in [0.4, 0.5) is 0 Å². The summed E-state index contributed by atoms with van der Waals surface area (Å²) in [6, 6.07) is 0. The van der Waals surface area contributed by atoms with Gasteiger partial charge < -0.3 is 15.4 Å². The van der Waals surface area contributed by atoms with Crippen LogP contribution >= 0.6 is 11.8 Å². The van der Waals surface area contributed by atoms with Crippen LogP contribution in [0.5, 0.6) is 0 Å². The molecule has 0 aromatic carbocycles. The molecule has 3 N–H and O–H groups in total. The number of aliphatic hydroxyl groups is 1. The van der Waals surface area contributed by atoms with Crippen LogP contribution in [0.15, 0.2) is 9.82 Å². The number of nitrogens with one attached hydrogen (secondary N) is 2. The molecule has 0 atom stereocenters. The van der Waals surface area contributed by atoms with Gasteiger partial charge in [0.25, 0.3) is 5.91 Å². The Morgan fingerprint density at radius 3 is 2.68 bits per heavy atom. The maximum absolute atomic E-state index is 12.2. The van der Waals surface area contributed by atoms with Crippen LogP contribution in [0.1, 0.15) is 29.9 Å². The van der Waals surface area contributed by atoms with Gasteiger partial charge in [0.15, 0.2) is 0 Å². The van der Waals surface area contributed by atoms with Gasteiger partial charge in [-0.3, -0.25) is 4.79 Å². The van der Waals surface area contributed by atoms with Gasteiger partial charge in [-0.05, 0) is 13.2 Å². The van der Waals surface area contributed by atoms with Crippen molar-refractivity contribution < 1.29 is 9.90 Å². The lowest BCUT2D eigenvalue weighted by atomic mass is 9.95. The predicted octanol–water partition coefficient (Wildman–Crippen LogP) is 0.549. The van der Waals surface area contributed by atoms with Crippen molar-refractivity contribution in [2.45, 2.75) is 25.8 Å². The van der Waals surface area contributed by atoms with E-state index in [-0.39, 0.29) is 12.5 Å². The Morgan fingerprint density at radius 2 is 2.16 bits per heavy atom. The van der Waals surface area contributed by atoms with Crippen molar-refractivity contribution in [3.05, 3.63) is 21.7 Å². The molecule has 0 fully saturated rings. The first-order valence-electron chi connectivity index (χ1n) is 5.84. The Morgan fingerprint density at radius 1 is 1.53 bits per heavy atom. The Labute approximate surface area is 116 Å². The number of hydrogen-bond acceptors (Lipinski definition) is 5. The summed E-state index contributed by atoms with van der Waals surface area (Å²) in [6.07, 6.45) is 1.76. The van der Waals surface area contributed by atoms with Crippen LogP contribution in [-0.2, 0) is 0 Å². The molecule has 0 spiro atoms. The summed E-state index contributed by atoms with van der Waals surface area (Å²) in [5.74, 6) is -0.299. The number of carbonyl (C=O) groups is 1. The molecule has 7 heteroatoms. The molecule has 1 amide bonds. The Balaban J connectivity index is 2.97. The first kappa shape index (κ1) is 15.7. The highest BCUT2D eigenvalue weighted by atomic mass is 32.2. The second-order valence-electron chi connectivity index (χ2n) is 5.06. The summed E-state index contributed by atoms with van der Waals surface area (Å²) in [4.78, 5) is 29.7. The largest absolute Gasteiger partial charge is 0.396 e. The van der Waals surface area contributed by atoms with Crippen LogP contribution in [0.3, 0.4) is 0 Å². The number of aliphatic hydroxyl groups excluding tert-OH is 1. The number of hydrogen-bond donors (Lipinski definition) is 3.